The highest BCUT2D eigenvalue weighted by Crippen LogP contribution is 2.22. The lowest BCUT2D eigenvalue weighted by molar-refractivity contribution is 0.0589. The molecule has 0 fully saturated rings. The topological polar surface area (TPSA) is 191 Å². The van der Waals surface area contributed by atoms with E-state index < -0.39 is 40.2 Å². The lowest BCUT2D eigenvalue weighted by Crippen LogP contribution is -2.27. The van der Waals surface area contributed by atoms with E-state index in [0.29, 0.717) is 27.1 Å². The van der Waals surface area contributed by atoms with Crippen molar-refractivity contribution < 1.29 is 33.6 Å². The van der Waals surface area contributed by atoms with Crippen LogP contribution in [-0.4, -0.2) is 48.3 Å². The van der Waals surface area contributed by atoms with Crippen molar-refractivity contribution in [2.75, 3.05) is 7.11 Å². The number of hydrogen-bond donors (Lipinski definition) is 3. The molecule has 5 rings (SSSR count). The fourth-order valence-electron chi connectivity index (χ4n) is 3.40. The molecule has 0 unspecified atom stereocenters. The van der Waals surface area contributed by atoms with Gasteiger partial charge in [-0.2, -0.15) is 0 Å². The molecule has 1 aromatic carbocycles. The second kappa shape index (κ2) is 11.1. The van der Waals surface area contributed by atoms with Gasteiger partial charge in [-0.05, 0) is 31.5 Å². The molecule has 0 saturated carbocycles. The first-order valence-electron chi connectivity index (χ1n) is 11.2. The number of esters is 1. The molecule has 208 valence electrons. The van der Waals surface area contributed by atoms with Gasteiger partial charge in [0.15, 0.2) is 22.7 Å². The molecule has 0 radical (unpaired) electrons. The lowest BCUT2D eigenvalue weighted by Gasteiger charge is -2.07. The second-order valence-electron chi connectivity index (χ2n) is 8.15. The van der Waals surface area contributed by atoms with E-state index in [9.17, 15) is 29.4 Å². The molecule has 0 aliphatic heterocycles. The summed E-state index contributed by atoms with van der Waals surface area (Å²) in [6.07, 6.45) is 0. The molecule has 3 N–H and O–H groups in total. The van der Waals surface area contributed by atoms with Crippen LogP contribution in [0.15, 0.2) is 49.0 Å². The fourth-order valence-corrected chi connectivity index (χ4v) is 3.73. The summed E-state index contributed by atoms with van der Waals surface area (Å²) in [5, 5.41) is 22.7. The van der Waals surface area contributed by atoms with Crippen LogP contribution in [0.1, 0.15) is 38.1 Å². The van der Waals surface area contributed by atoms with Crippen molar-refractivity contribution in [3.05, 3.63) is 89.6 Å². The third kappa shape index (κ3) is 5.48. The van der Waals surface area contributed by atoms with Crippen LogP contribution < -0.4 is 16.4 Å². The number of aromatic hydroxyl groups is 2. The van der Waals surface area contributed by atoms with E-state index in [-0.39, 0.29) is 23.5 Å². The predicted octanol–water partition coefficient (Wildman–Crippen LogP) is 2.63. The number of methoxy groups -OCH3 is 1. The van der Waals surface area contributed by atoms with Gasteiger partial charge in [0.05, 0.1) is 17.2 Å². The van der Waals surface area contributed by atoms with Crippen LogP contribution in [0.5, 0.6) is 11.5 Å². The van der Waals surface area contributed by atoms with Gasteiger partial charge in [-0.25, -0.2) is 14.8 Å². The van der Waals surface area contributed by atoms with Crippen molar-refractivity contribution in [3.8, 4) is 11.5 Å². The van der Waals surface area contributed by atoms with Crippen molar-refractivity contribution in [2.24, 2.45) is 0 Å². The molecule has 0 aliphatic carbocycles. The molecule has 4 aromatic heterocycles. The molecule has 16 heteroatoms. The normalized spacial score (nSPS) is 10.8. The van der Waals surface area contributed by atoms with E-state index in [1.54, 1.807) is 32.0 Å². The summed E-state index contributed by atoms with van der Waals surface area (Å²) in [7, 11) is 1.13. The zero-order chi connectivity index (χ0) is 29.3. The first-order valence-corrected chi connectivity index (χ1v) is 11.9. The summed E-state index contributed by atoms with van der Waals surface area (Å²) in [6.45, 7) is 3.36. The van der Waals surface area contributed by atoms with Crippen LogP contribution in [0.4, 0.5) is 0 Å². The van der Waals surface area contributed by atoms with Crippen molar-refractivity contribution in [1.82, 2.24) is 24.4 Å². The molecule has 0 saturated heterocycles. The van der Waals surface area contributed by atoms with E-state index in [1.807, 2.05) is 0 Å². The van der Waals surface area contributed by atoms with Gasteiger partial charge in [-0.3, -0.25) is 14.4 Å². The van der Waals surface area contributed by atoms with Crippen LogP contribution in [0, 0.1) is 13.8 Å². The quantitative estimate of drug-likeness (QED) is 0.260. The third-order valence-corrected chi connectivity index (χ3v) is 6.00. The first kappa shape index (κ1) is 28.2. The largest absolute Gasteiger partial charge is 0.501 e. The molecule has 4 heterocycles. The molecule has 14 nitrogen and oxygen atoms in total. The standard InChI is InChI=1S/C15H11Cl2N3O4.C9H8N2O5/c1-7-4-11-19-12(13(21)15(23)20(11)24-7)14(22)18-6-8-2-3-9(16)10(17)5-8;1-4-3-5-10-6(9(14)15-2)7(12)8(13)11(5)16-4/h2-5,21H,6H2,1H3,(H,18,22);3,12H,1-2H3. The number of amides is 1. The van der Waals surface area contributed by atoms with Crippen molar-refractivity contribution in [2.45, 2.75) is 20.4 Å². The summed E-state index contributed by atoms with van der Waals surface area (Å²) in [5.41, 5.74) is -1.52. The Morgan fingerprint density at radius 3 is 1.95 bits per heavy atom. The number of aromatic nitrogens is 4. The SMILES string of the molecule is COC(=O)c1nc2cc(C)on2c(=O)c1O.Cc1cc2nc(C(=O)NCc3ccc(Cl)c(Cl)c3)c(O)c(=O)n2o1. The molecule has 0 bridgehead atoms. The number of fused-ring (bicyclic) bond motifs is 2. The second-order valence-corrected chi connectivity index (χ2v) is 8.96. The van der Waals surface area contributed by atoms with Crippen molar-refractivity contribution >= 4 is 46.4 Å². The molecular formula is C24H19Cl2N5O9. The summed E-state index contributed by atoms with van der Waals surface area (Å²) >= 11 is 11.7. The Morgan fingerprint density at radius 2 is 1.43 bits per heavy atom. The summed E-state index contributed by atoms with van der Waals surface area (Å²) in [6, 6.07) is 7.85. The van der Waals surface area contributed by atoms with E-state index >= 15 is 0 Å². The Kier molecular flexibility index (Phi) is 7.84. The van der Waals surface area contributed by atoms with Crippen molar-refractivity contribution in [3.63, 3.8) is 0 Å². The van der Waals surface area contributed by atoms with E-state index in [4.69, 9.17) is 32.2 Å². The maximum absolute atomic E-state index is 12.2. The Bertz CT molecular complexity index is 1910. The average Bonchev–Trinajstić information content (AvgIpc) is 3.50. The van der Waals surface area contributed by atoms with Gasteiger partial charge in [-0.15, -0.1) is 9.15 Å². The molecule has 40 heavy (non-hydrogen) atoms. The number of rotatable bonds is 4. The van der Waals surface area contributed by atoms with E-state index in [1.165, 1.54) is 12.1 Å². The maximum atomic E-state index is 12.2. The number of aryl methyl sites for hydroxylation is 2. The van der Waals surface area contributed by atoms with Gasteiger partial charge < -0.3 is 29.3 Å². The van der Waals surface area contributed by atoms with Crippen molar-refractivity contribution in [1.29, 1.82) is 0 Å². The maximum Gasteiger partial charge on any atom is 0.360 e. The lowest BCUT2D eigenvalue weighted by atomic mass is 10.2. The number of carbonyl (C=O) groups excluding carboxylic acids is 2. The zero-order valence-electron chi connectivity index (χ0n) is 20.9. The summed E-state index contributed by atoms with van der Waals surface area (Å²) in [5.74, 6) is -2.29. The molecule has 0 aliphatic rings. The zero-order valence-corrected chi connectivity index (χ0v) is 22.4. The Morgan fingerprint density at radius 1 is 0.900 bits per heavy atom. The molecule has 0 spiro atoms. The predicted molar refractivity (Wildman–Crippen MR) is 139 cm³/mol. The monoisotopic (exact) mass is 591 g/mol. The van der Waals surface area contributed by atoms with Crippen LogP contribution in [0.25, 0.3) is 11.3 Å². The minimum absolute atomic E-state index is 0.126. The number of nitrogens with one attached hydrogen (secondary N) is 1. The van der Waals surface area contributed by atoms with Gasteiger partial charge >= 0.3 is 17.1 Å². The molecule has 1 amide bonds. The highest BCUT2D eigenvalue weighted by molar-refractivity contribution is 6.42. The molecule has 5 aromatic rings. The van der Waals surface area contributed by atoms with E-state index in [0.717, 1.165) is 16.3 Å². The van der Waals surface area contributed by atoms with Gasteiger partial charge in [-0.1, -0.05) is 29.3 Å². The van der Waals surface area contributed by atoms with Gasteiger partial charge in [0.25, 0.3) is 5.91 Å². The first-order chi connectivity index (χ1) is 18.9. The Labute approximate surface area is 232 Å². The summed E-state index contributed by atoms with van der Waals surface area (Å²) < 4.78 is 16.1. The Hall–Kier alpha value is -4.82. The third-order valence-electron chi connectivity index (χ3n) is 5.26. The number of ether oxygens (including phenoxy) is 1. The number of halogens is 2. The number of nitrogens with zero attached hydrogens (tertiary/aromatic N) is 4. The summed E-state index contributed by atoms with van der Waals surface area (Å²) in [4.78, 5) is 54.7. The van der Waals surface area contributed by atoms with Gasteiger partial charge in [0, 0.05) is 18.7 Å². The van der Waals surface area contributed by atoms with Crippen LogP contribution in [-0.2, 0) is 11.3 Å². The average molecular weight is 592 g/mol. The van der Waals surface area contributed by atoms with Crippen LogP contribution in [0.3, 0.4) is 0 Å². The number of carbonyl (C=O) groups is 2. The van der Waals surface area contributed by atoms with Crippen LogP contribution >= 0.6 is 23.2 Å². The molecule has 0 atom stereocenters. The molecular weight excluding hydrogens is 573 g/mol. The smallest absolute Gasteiger partial charge is 0.360 e. The highest BCUT2D eigenvalue weighted by Gasteiger charge is 2.21. The van der Waals surface area contributed by atoms with Gasteiger partial charge in [0.2, 0.25) is 11.5 Å². The van der Waals surface area contributed by atoms with E-state index in [2.05, 4.69) is 20.0 Å². The highest BCUT2D eigenvalue weighted by atomic mass is 35.5. The minimum atomic E-state index is -0.879. The fraction of sp³-hybridized carbons (Fsp3) is 0.167. The Balaban J connectivity index is 0.000000201. The van der Waals surface area contributed by atoms with Crippen LogP contribution in [0.2, 0.25) is 10.0 Å². The number of hydrogen-bond acceptors (Lipinski definition) is 11. The minimum Gasteiger partial charge on any atom is -0.501 e. The number of benzene rings is 1. The van der Waals surface area contributed by atoms with Gasteiger partial charge in [0.1, 0.15) is 11.5 Å².